The van der Waals surface area contributed by atoms with E-state index >= 15 is 0 Å². The van der Waals surface area contributed by atoms with Gasteiger partial charge in [-0.3, -0.25) is 0 Å². The zero-order valence-corrected chi connectivity index (χ0v) is 19.3. The standard InChI is InChI=1S/C8H6ClFO3.C7H4ClFO3.C7H5FO3/c1-13-8(12)4-2-5(9)7(11)3-6(4)10;8-4-1-3(7(11)12)5(9)2-6(4)10;8-6-3-4(9)1-2-5(6)7(10)11/h2-3,11H,1H3;1-2,10H,(H,11,12);1-3,9H,(H,10,11). The summed E-state index contributed by atoms with van der Waals surface area (Å²) < 4.78 is 42.5. The molecule has 192 valence electrons. The lowest BCUT2D eigenvalue weighted by atomic mass is 10.2. The molecule has 0 spiro atoms. The predicted molar refractivity (Wildman–Crippen MR) is 119 cm³/mol. The first-order chi connectivity index (χ1) is 16.7. The molecule has 0 fully saturated rings. The van der Waals surface area contributed by atoms with E-state index in [0.717, 1.165) is 43.5 Å². The number of hydrogen-bond acceptors (Lipinski definition) is 7. The number of hydrogen-bond donors (Lipinski definition) is 5. The van der Waals surface area contributed by atoms with Gasteiger partial charge in [0.15, 0.2) is 0 Å². The van der Waals surface area contributed by atoms with Crippen LogP contribution in [0.15, 0.2) is 42.5 Å². The molecule has 0 aliphatic rings. The van der Waals surface area contributed by atoms with Crippen molar-refractivity contribution >= 4 is 41.1 Å². The summed E-state index contributed by atoms with van der Waals surface area (Å²) >= 11 is 10.8. The van der Waals surface area contributed by atoms with Gasteiger partial charge >= 0.3 is 17.9 Å². The zero-order valence-electron chi connectivity index (χ0n) is 17.8. The molecule has 0 amide bonds. The van der Waals surface area contributed by atoms with Crippen LogP contribution in [0.3, 0.4) is 0 Å². The van der Waals surface area contributed by atoms with Crippen LogP contribution in [0.25, 0.3) is 0 Å². The van der Waals surface area contributed by atoms with Gasteiger partial charge in [0.2, 0.25) is 0 Å². The van der Waals surface area contributed by atoms with Crippen LogP contribution in [-0.4, -0.2) is 50.6 Å². The van der Waals surface area contributed by atoms with E-state index in [2.05, 4.69) is 4.74 Å². The molecule has 0 aromatic heterocycles. The van der Waals surface area contributed by atoms with E-state index in [9.17, 15) is 27.6 Å². The number of halogens is 5. The number of aromatic carboxylic acids is 2. The van der Waals surface area contributed by atoms with Crippen LogP contribution in [0.5, 0.6) is 17.2 Å². The molecule has 0 bridgehead atoms. The molecule has 9 nitrogen and oxygen atoms in total. The number of carboxylic acids is 2. The number of carbonyl (C=O) groups excluding carboxylic acids is 1. The minimum atomic E-state index is -1.42. The van der Waals surface area contributed by atoms with Crippen molar-refractivity contribution in [3.05, 3.63) is 86.7 Å². The number of phenols is 3. The van der Waals surface area contributed by atoms with E-state index in [1.807, 2.05) is 0 Å². The summed E-state index contributed by atoms with van der Waals surface area (Å²) in [6.45, 7) is 0. The van der Waals surface area contributed by atoms with E-state index in [1.165, 1.54) is 0 Å². The largest absolute Gasteiger partial charge is 0.508 e. The second-order valence-electron chi connectivity index (χ2n) is 6.33. The highest BCUT2D eigenvalue weighted by atomic mass is 35.5. The number of ether oxygens (including phenoxy) is 1. The Morgan fingerprint density at radius 2 is 1.11 bits per heavy atom. The molecule has 3 aromatic carbocycles. The number of rotatable bonds is 3. The summed E-state index contributed by atoms with van der Waals surface area (Å²) in [7, 11) is 1.13. The molecule has 0 unspecified atom stereocenters. The summed E-state index contributed by atoms with van der Waals surface area (Å²) in [4.78, 5) is 31.4. The van der Waals surface area contributed by atoms with E-state index in [-0.39, 0.29) is 21.4 Å². The Hall–Kier alpha value is -4.16. The number of carbonyl (C=O) groups is 3. The first kappa shape index (κ1) is 29.9. The van der Waals surface area contributed by atoms with Crippen molar-refractivity contribution in [2.45, 2.75) is 0 Å². The summed E-state index contributed by atoms with van der Waals surface area (Å²) in [6.07, 6.45) is 0. The molecule has 0 heterocycles. The molecule has 0 aliphatic carbocycles. The zero-order chi connectivity index (χ0) is 27.7. The van der Waals surface area contributed by atoms with Crippen molar-refractivity contribution in [3.8, 4) is 17.2 Å². The maximum Gasteiger partial charge on any atom is 0.340 e. The van der Waals surface area contributed by atoms with Crippen molar-refractivity contribution in [2.24, 2.45) is 0 Å². The van der Waals surface area contributed by atoms with Gasteiger partial charge in [0.1, 0.15) is 34.7 Å². The lowest BCUT2D eigenvalue weighted by Crippen LogP contribution is -2.04. The first-order valence-electron chi connectivity index (χ1n) is 9.09. The quantitative estimate of drug-likeness (QED) is 0.280. The van der Waals surface area contributed by atoms with Gasteiger partial charge in [-0.05, 0) is 24.3 Å². The van der Waals surface area contributed by atoms with E-state index in [0.29, 0.717) is 6.07 Å². The van der Waals surface area contributed by atoms with Gasteiger partial charge in [-0.2, -0.15) is 0 Å². The third-order valence-corrected chi connectivity index (χ3v) is 4.50. The Morgan fingerprint density at radius 1 is 0.694 bits per heavy atom. The number of aromatic hydroxyl groups is 3. The van der Waals surface area contributed by atoms with Crippen molar-refractivity contribution in [1.82, 2.24) is 0 Å². The second-order valence-corrected chi connectivity index (χ2v) is 7.15. The lowest BCUT2D eigenvalue weighted by molar-refractivity contribution is 0.0593. The van der Waals surface area contributed by atoms with E-state index in [4.69, 9.17) is 48.7 Å². The number of esters is 1. The number of carboxylic acid groups (broad SMARTS) is 2. The highest BCUT2D eigenvalue weighted by Gasteiger charge is 2.15. The first-order valence-corrected chi connectivity index (χ1v) is 9.84. The molecule has 0 saturated carbocycles. The van der Waals surface area contributed by atoms with Crippen LogP contribution in [0.1, 0.15) is 31.1 Å². The molecular formula is C22H15Cl2F3O9. The lowest BCUT2D eigenvalue weighted by Gasteiger charge is -2.02. The number of phenolic OH excluding ortho intramolecular Hbond substituents is 3. The monoisotopic (exact) mass is 550 g/mol. The fraction of sp³-hybridized carbons (Fsp3) is 0.0455. The van der Waals surface area contributed by atoms with Crippen molar-refractivity contribution in [2.75, 3.05) is 7.11 Å². The molecule has 3 aromatic rings. The Kier molecular flexibility index (Phi) is 10.8. The predicted octanol–water partition coefficient (Wildman–Crippen LogP) is 5.08. The minimum absolute atomic E-state index is 0.0956. The van der Waals surface area contributed by atoms with Gasteiger partial charge in [-0.25, -0.2) is 27.6 Å². The maximum absolute atomic E-state index is 12.9. The molecular weight excluding hydrogens is 536 g/mol. The van der Waals surface area contributed by atoms with Crippen molar-refractivity contribution in [1.29, 1.82) is 0 Å². The Balaban J connectivity index is 0.000000271. The van der Waals surface area contributed by atoms with Crippen LogP contribution < -0.4 is 0 Å². The highest BCUT2D eigenvalue weighted by molar-refractivity contribution is 6.32. The molecule has 0 saturated heterocycles. The van der Waals surface area contributed by atoms with Crippen molar-refractivity contribution in [3.63, 3.8) is 0 Å². The maximum atomic E-state index is 12.9. The second kappa shape index (κ2) is 13.1. The molecule has 0 aliphatic heterocycles. The van der Waals surface area contributed by atoms with Gasteiger partial charge in [0, 0.05) is 18.2 Å². The number of methoxy groups -OCH3 is 1. The van der Waals surface area contributed by atoms with Gasteiger partial charge in [-0.1, -0.05) is 23.2 Å². The normalized spacial score (nSPS) is 9.72. The van der Waals surface area contributed by atoms with Crippen LogP contribution in [-0.2, 0) is 4.74 Å². The van der Waals surface area contributed by atoms with Gasteiger partial charge in [0.25, 0.3) is 0 Å². The smallest absolute Gasteiger partial charge is 0.340 e. The summed E-state index contributed by atoms with van der Waals surface area (Å²) in [5.74, 6) is -7.58. The Labute approximate surface area is 210 Å². The van der Waals surface area contributed by atoms with Crippen LogP contribution >= 0.6 is 23.2 Å². The van der Waals surface area contributed by atoms with E-state index in [1.54, 1.807) is 0 Å². The van der Waals surface area contributed by atoms with Crippen LogP contribution in [0.4, 0.5) is 13.2 Å². The Bertz CT molecular complexity index is 1300. The summed E-state index contributed by atoms with van der Waals surface area (Å²) in [5.41, 5.74) is -1.30. The minimum Gasteiger partial charge on any atom is -0.508 e. The van der Waals surface area contributed by atoms with Crippen LogP contribution in [0.2, 0.25) is 10.0 Å². The van der Waals surface area contributed by atoms with Gasteiger partial charge < -0.3 is 30.3 Å². The SMILES string of the molecule is COC(=O)c1cc(Cl)c(O)cc1F.O=C(O)c1cc(Cl)c(O)cc1F.O=C(O)c1ccc(O)cc1F. The third-order valence-electron chi connectivity index (χ3n) is 3.89. The highest BCUT2D eigenvalue weighted by Crippen LogP contribution is 2.27. The van der Waals surface area contributed by atoms with E-state index < -0.39 is 58.0 Å². The Morgan fingerprint density at radius 3 is 1.53 bits per heavy atom. The average Bonchev–Trinajstić information content (AvgIpc) is 2.78. The van der Waals surface area contributed by atoms with Gasteiger partial charge in [-0.15, -0.1) is 0 Å². The molecule has 0 radical (unpaired) electrons. The molecule has 36 heavy (non-hydrogen) atoms. The third kappa shape index (κ3) is 8.25. The number of benzene rings is 3. The molecule has 14 heteroatoms. The topological polar surface area (TPSA) is 162 Å². The van der Waals surface area contributed by atoms with Crippen LogP contribution in [0, 0.1) is 17.5 Å². The molecule has 0 atom stereocenters. The molecule has 5 N–H and O–H groups in total. The summed E-state index contributed by atoms with van der Waals surface area (Å²) in [5, 5.41) is 42.9. The van der Waals surface area contributed by atoms with Crippen molar-refractivity contribution < 1.29 is 57.8 Å². The fourth-order valence-corrected chi connectivity index (χ4v) is 2.51. The van der Waals surface area contributed by atoms with Gasteiger partial charge in [0.05, 0.1) is 33.8 Å². The molecule has 3 rings (SSSR count). The summed E-state index contributed by atoms with van der Waals surface area (Å²) in [6, 6.07) is 6.16. The average molecular weight is 551 g/mol. The fourth-order valence-electron chi connectivity index (χ4n) is 2.18.